The fraction of sp³-hybridized carbons (Fsp3) is 0.192. The summed E-state index contributed by atoms with van der Waals surface area (Å²) < 4.78 is 20.8. The van der Waals surface area contributed by atoms with Gasteiger partial charge in [-0.15, -0.1) is 0 Å². The molecule has 0 aliphatic rings. The maximum atomic E-state index is 13.7. The van der Waals surface area contributed by atoms with Crippen molar-refractivity contribution in [1.82, 2.24) is 19.9 Å². The van der Waals surface area contributed by atoms with E-state index in [0.717, 1.165) is 5.56 Å². The molecule has 2 aromatic carbocycles. The van der Waals surface area contributed by atoms with Crippen LogP contribution in [0, 0.1) is 5.82 Å². The monoisotopic (exact) mass is 458 g/mol. The number of benzene rings is 2. The van der Waals surface area contributed by atoms with Gasteiger partial charge in [0.05, 0.1) is 23.5 Å². The zero-order valence-electron chi connectivity index (χ0n) is 19.2. The molecule has 8 heteroatoms. The van der Waals surface area contributed by atoms with Gasteiger partial charge in [-0.1, -0.05) is 0 Å². The lowest BCUT2D eigenvalue weighted by molar-refractivity contribution is 0.0919. The number of carbonyl (C=O) groups excluding carboxylic acids is 1. The van der Waals surface area contributed by atoms with Crippen LogP contribution in [-0.2, 0) is 0 Å². The number of ether oxygens (including phenoxy) is 1. The van der Waals surface area contributed by atoms with E-state index in [0.29, 0.717) is 44.2 Å². The summed E-state index contributed by atoms with van der Waals surface area (Å²) in [6.07, 6.45) is 1.75. The highest BCUT2D eigenvalue weighted by Crippen LogP contribution is 2.33. The Morgan fingerprint density at radius 2 is 1.91 bits per heavy atom. The minimum atomic E-state index is -0.434. The number of nitrogens with one attached hydrogen (secondary N) is 2. The lowest BCUT2D eigenvalue weighted by Crippen LogP contribution is -2.40. The third kappa shape index (κ3) is 3.67. The Kier molecular flexibility index (Phi) is 4.89. The van der Waals surface area contributed by atoms with E-state index in [1.807, 2.05) is 32.9 Å². The zero-order valence-corrected chi connectivity index (χ0v) is 19.2. The standard InChI is InChI=1S/C26H23FN4O3/c1-26(2,3)29-24(32)15-5-8-21(34-4)18(11-15)14-9-10-31-20(12-14)22-23(30-31)17-7-6-16(27)13-19(17)28-25(22)33/h5-13H,1-4H3,(H,28,33)(H,29,32). The molecule has 2 N–H and O–H groups in total. The Morgan fingerprint density at radius 3 is 2.65 bits per heavy atom. The van der Waals surface area contributed by atoms with Gasteiger partial charge in [0.2, 0.25) is 0 Å². The topological polar surface area (TPSA) is 88.5 Å². The van der Waals surface area contributed by atoms with Crippen molar-refractivity contribution in [3.8, 4) is 16.9 Å². The average Bonchev–Trinajstić information content (AvgIpc) is 3.16. The molecule has 0 saturated heterocycles. The largest absolute Gasteiger partial charge is 0.496 e. The molecule has 0 saturated carbocycles. The molecular weight excluding hydrogens is 435 g/mol. The molecule has 1 amide bonds. The summed E-state index contributed by atoms with van der Waals surface area (Å²) in [5.41, 5.74) is 2.70. The number of hydrogen-bond acceptors (Lipinski definition) is 4. The summed E-state index contributed by atoms with van der Waals surface area (Å²) in [6.45, 7) is 5.76. The molecule has 0 aliphatic heterocycles. The van der Waals surface area contributed by atoms with E-state index in [-0.39, 0.29) is 17.0 Å². The molecule has 0 bridgehead atoms. The summed E-state index contributed by atoms with van der Waals surface area (Å²) in [6, 6.07) is 13.1. The number of H-pyrrole nitrogens is 1. The maximum absolute atomic E-state index is 13.7. The number of pyridine rings is 2. The van der Waals surface area contributed by atoms with E-state index >= 15 is 0 Å². The molecule has 5 rings (SSSR count). The van der Waals surface area contributed by atoms with Crippen LogP contribution in [0.25, 0.3) is 38.4 Å². The van der Waals surface area contributed by atoms with Crippen LogP contribution in [0.3, 0.4) is 0 Å². The van der Waals surface area contributed by atoms with Crippen LogP contribution in [0.4, 0.5) is 4.39 Å². The van der Waals surface area contributed by atoms with E-state index in [2.05, 4.69) is 15.4 Å². The van der Waals surface area contributed by atoms with Gasteiger partial charge in [-0.2, -0.15) is 5.10 Å². The minimum Gasteiger partial charge on any atom is -0.496 e. The first-order chi connectivity index (χ1) is 16.1. The van der Waals surface area contributed by atoms with Gasteiger partial charge in [0.25, 0.3) is 11.5 Å². The molecular formula is C26H23FN4O3. The first-order valence-corrected chi connectivity index (χ1v) is 10.8. The molecule has 3 aromatic heterocycles. The van der Waals surface area contributed by atoms with Gasteiger partial charge in [-0.3, -0.25) is 9.59 Å². The third-order valence-corrected chi connectivity index (χ3v) is 5.61. The van der Waals surface area contributed by atoms with E-state index in [1.54, 1.807) is 42.1 Å². The summed E-state index contributed by atoms with van der Waals surface area (Å²) in [5.74, 6) is -0.0335. The molecule has 0 spiro atoms. The number of aromatic amines is 1. The quantitative estimate of drug-likeness (QED) is 0.411. The lowest BCUT2D eigenvalue weighted by atomic mass is 10.0. The highest BCUT2D eigenvalue weighted by Gasteiger charge is 2.19. The van der Waals surface area contributed by atoms with Gasteiger partial charge in [0, 0.05) is 28.2 Å². The van der Waals surface area contributed by atoms with Crippen molar-refractivity contribution in [2.24, 2.45) is 0 Å². The van der Waals surface area contributed by atoms with Gasteiger partial charge >= 0.3 is 0 Å². The van der Waals surface area contributed by atoms with Crippen molar-refractivity contribution < 1.29 is 13.9 Å². The molecule has 0 unspecified atom stereocenters. The maximum Gasteiger partial charge on any atom is 0.260 e. The van der Waals surface area contributed by atoms with Crippen LogP contribution in [0.1, 0.15) is 31.1 Å². The highest BCUT2D eigenvalue weighted by molar-refractivity contribution is 6.09. The highest BCUT2D eigenvalue weighted by atomic mass is 19.1. The number of nitrogens with zero attached hydrogens (tertiary/aromatic N) is 2. The van der Waals surface area contributed by atoms with Crippen LogP contribution in [-0.4, -0.2) is 33.2 Å². The number of hydrogen-bond donors (Lipinski definition) is 2. The molecule has 0 aliphatic carbocycles. The van der Waals surface area contributed by atoms with E-state index in [4.69, 9.17) is 4.74 Å². The average molecular weight is 458 g/mol. The van der Waals surface area contributed by atoms with E-state index in [1.165, 1.54) is 12.1 Å². The van der Waals surface area contributed by atoms with Crippen LogP contribution < -0.4 is 15.6 Å². The van der Waals surface area contributed by atoms with Crippen molar-refractivity contribution in [2.75, 3.05) is 7.11 Å². The Balaban J connectivity index is 1.71. The van der Waals surface area contributed by atoms with Gasteiger partial charge in [0.15, 0.2) is 0 Å². The Morgan fingerprint density at radius 1 is 1.12 bits per heavy atom. The first-order valence-electron chi connectivity index (χ1n) is 10.8. The zero-order chi connectivity index (χ0) is 24.2. The number of halogens is 1. The number of rotatable bonds is 3. The van der Waals surface area contributed by atoms with Crippen molar-refractivity contribution in [1.29, 1.82) is 0 Å². The summed E-state index contributed by atoms with van der Waals surface area (Å²) in [7, 11) is 1.57. The third-order valence-electron chi connectivity index (χ3n) is 5.61. The number of amides is 1. The lowest BCUT2D eigenvalue weighted by Gasteiger charge is -2.21. The van der Waals surface area contributed by atoms with Gasteiger partial charge in [-0.25, -0.2) is 8.91 Å². The molecule has 5 aromatic rings. The molecule has 7 nitrogen and oxygen atoms in total. The van der Waals surface area contributed by atoms with Gasteiger partial charge < -0.3 is 15.0 Å². The van der Waals surface area contributed by atoms with Gasteiger partial charge in [-0.05, 0) is 74.9 Å². The number of methoxy groups -OCH3 is 1. The Hall–Kier alpha value is -4.20. The van der Waals surface area contributed by atoms with E-state index < -0.39 is 5.82 Å². The van der Waals surface area contributed by atoms with Crippen LogP contribution >= 0.6 is 0 Å². The number of fused-ring (bicyclic) bond motifs is 5. The van der Waals surface area contributed by atoms with Crippen molar-refractivity contribution in [3.63, 3.8) is 0 Å². The Labute approximate surface area is 194 Å². The normalized spacial score (nSPS) is 11.9. The second-order valence-corrected chi connectivity index (χ2v) is 9.23. The fourth-order valence-corrected chi connectivity index (χ4v) is 4.12. The minimum absolute atomic E-state index is 0.192. The molecule has 172 valence electrons. The molecule has 0 fully saturated rings. The van der Waals surface area contributed by atoms with Crippen molar-refractivity contribution in [2.45, 2.75) is 26.3 Å². The second kappa shape index (κ2) is 7.69. The number of aromatic nitrogens is 3. The molecule has 34 heavy (non-hydrogen) atoms. The van der Waals surface area contributed by atoms with Crippen LogP contribution in [0.15, 0.2) is 59.5 Å². The molecule has 0 atom stereocenters. The summed E-state index contributed by atoms with van der Waals surface area (Å²) in [4.78, 5) is 28.4. The second-order valence-electron chi connectivity index (χ2n) is 9.23. The van der Waals surface area contributed by atoms with Crippen molar-refractivity contribution >= 4 is 33.2 Å². The number of carbonyl (C=O) groups is 1. The first kappa shape index (κ1) is 21.6. The summed E-state index contributed by atoms with van der Waals surface area (Å²) in [5, 5.41) is 8.60. The van der Waals surface area contributed by atoms with Crippen LogP contribution in [0.5, 0.6) is 5.75 Å². The molecule has 0 radical (unpaired) electrons. The Bertz CT molecular complexity index is 1660. The van der Waals surface area contributed by atoms with Crippen molar-refractivity contribution in [3.05, 3.63) is 76.5 Å². The van der Waals surface area contributed by atoms with E-state index in [9.17, 15) is 14.0 Å². The smallest absolute Gasteiger partial charge is 0.260 e. The fourth-order valence-electron chi connectivity index (χ4n) is 4.12. The molecule has 3 heterocycles. The summed E-state index contributed by atoms with van der Waals surface area (Å²) >= 11 is 0. The SMILES string of the molecule is COc1ccc(C(=O)NC(C)(C)C)cc1-c1ccn2nc3c4ccc(F)cc4[nH]c(=O)c3c2c1. The predicted octanol–water partition coefficient (Wildman–Crippen LogP) is 4.67. The van der Waals surface area contributed by atoms with Gasteiger partial charge in [0.1, 0.15) is 17.1 Å². The van der Waals surface area contributed by atoms with Crippen LogP contribution in [0.2, 0.25) is 0 Å². The predicted molar refractivity (Wildman–Crippen MR) is 130 cm³/mol.